The molecule has 90 valence electrons. The van der Waals surface area contributed by atoms with Crippen LogP contribution < -0.4 is 5.73 Å². The maximum Gasteiger partial charge on any atom is 0.0330 e. The average Bonchev–Trinajstić information content (AvgIpc) is 2.27. The number of nitrogens with zero attached hydrogens (tertiary/aromatic N) is 2. The summed E-state index contributed by atoms with van der Waals surface area (Å²) in [7, 11) is 2.20. The van der Waals surface area contributed by atoms with Crippen molar-refractivity contribution >= 4 is 0 Å². The molecule has 1 heterocycles. The van der Waals surface area contributed by atoms with Gasteiger partial charge in [-0.05, 0) is 19.9 Å². The first-order valence-corrected chi connectivity index (χ1v) is 6.32. The van der Waals surface area contributed by atoms with Gasteiger partial charge in [-0.25, -0.2) is 0 Å². The first-order valence-electron chi connectivity index (χ1n) is 6.32. The third-order valence-electron chi connectivity index (χ3n) is 3.93. The second kappa shape index (κ2) is 5.83. The number of rotatable bonds is 5. The van der Waals surface area contributed by atoms with E-state index in [1.165, 1.54) is 45.4 Å². The Morgan fingerprint density at radius 3 is 2.13 bits per heavy atom. The van der Waals surface area contributed by atoms with Crippen molar-refractivity contribution in [2.24, 2.45) is 5.73 Å². The summed E-state index contributed by atoms with van der Waals surface area (Å²) >= 11 is 0. The van der Waals surface area contributed by atoms with Crippen LogP contribution in [0.4, 0.5) is 0 Å². The molecule has 1 unspecified atom stereocenters. The predicted octanol–water partition coefficient (Wildman–Crippen LogP) is 1.14. The van der Waals surface area contributed by atoms with Gasteiger partial charge in [0.1, 0.15) is 0 Å². The van der Waals surface area contributed by atoms with Crippen molar-refractivity contribution in [2.75, 3.05) is 39.8 Å². The van der Waals surface area contributed by atoms with Crippen molar-refractivity contribution in [3.63, 3.8) is 0 Å². The molecule has 1 aliphatic heterocycles. The molecule has 3 heteroatoms. The second-order valence-electron chi connectivity index (χ2n) is 4.82. The maximum absolute atomic E-state index is 6.01. The molecule has 0 bridgehead atoms. The highest BCUT2D eigenvalue weighted by Crippen LogP contribution is 2.25. The fourth-order valence-corrected chi connectivity index (χ4v) is 2.68. The molecule has 0 amide bonds. The highest BCUT2D eigenvalue weighted by molar-refractivity contribution is 4.92. The first kappa shape index (κ1) is 12.9. The van der Waals surface area contributed by atoms with E-state index in [4.69, 9.17) is 5.73 Å². The van der Waals surface area contributed by atoms with Gasteiger partial charge < -0.3 is 10.6 Å². The van der Waals surface area contributed by atoms with Crippen LogP contribution in [-0.4, -0.2) is 55.1 Å². The van der Waals surface area contributed by atoms with E-state index in [0.29, 0.717) is 0 Å². The Hall–Kier alpha value is -0.120. The number of hydrogen-bond donors (Lipinski definition) is 1. The van der Waals surface area contributed by atoms with Crippen LogP contribution in [0.25, 0.3) is 0 Å². The number of likely N-dealkylation sites (N-methyl/N-ethyl adjacent to an activating group) is 1. The van der Waals surface area contributed by atoms with Gasteiger partial charge in [0.15, 0.2) is 0 Å². The van der Waals surface area contributed by atoms with Crippen LogP contribution in [-0.2, 0) is 0 Å². The maximum atomic E-state index is 6.01. The van der Waals surface area contributed by atoms with E-state index >= 15 is 0 Å². The van der Waals surface area contributed by atoms with Gasteiger partial charge in [0, 0.05) is 38.3 Å². The summed E-state index contributed by atoms with van der Waals surface area (Å²) in [6, 6.07) is 0. The zero-order valence-electron chi connectivity index (χ0n) is 10.6. The molecular weight excluding hydrogens is 186 g/mol. The molecule has 0 aromatic heterocycles. The molecule has 1 atom stereocenters. The zero-order valence-corrected chi connectivity index (χ0v) is 10.6. The summed E-state index contributed by atoms with van der Waals surface area (Å²) < 4.78 is 0. The molecular formula is C12H27N3. The Kier molecular flexibility index (Phi) is 5.03. The standard InChI is InChI=1S/C12H27N3/c1-4-6-12(5-2,11-13)15-9-7-14(3)8-10-15/h4-11,13H2,1-3H3. The van der Waals surface area contributed by atoms with Crippen molar-refractivity contribution in [1.29, 1.82) is 0 Å². The normalized spacial score (nSPS) is 24.0. The Labute approximate surface area is 94.6 Å². The minimum Gasteiger partial charge on any atom is -0.329 e. The number of hydrogen-bond acceptors (Lipinski definition) is 3. The molecule has 0 saturated carbocycles. The highest BCUT2D eigenvalue weighted by atomic mass is 15.3. The SMILES string of the molecule is CCCC(CC)(CN)N1CCN(C)CC1. The van der Waals surface area contributed by atoms with Crippen LogP contribution in [0, 0.1) is 0 Å². The van der Waals surface area contributed by atoms with Crippen LogP contribution >= 0.6 is 0 Å². The fourth-order valence-electron chi connectivity index (χ4n) is 2.68. The lowest BCUT2D eigenvalue weighted by molar-refractivity contribution is 0.0350. The molecule has 15 heavy (non-hydrogen) atoms. The molecule has 2 N–H and O–H groups in total. The van der Waals surface area contributed by atoms with Crippen molar-refractivity contribution in [2.45, 2.75) is 38.6 Å². The van der Waals surface area contributed by atoms with Gasteiger partial charge in [-0.2, -0.15) is 0 Å². The Morgan fingerprint density at radius 2 is 1.73 bits per heavy atom. The third-order valence-corrected chi connectivity index (χ3v) is 3.93. The van der Waals surface area contributed by atoms with Crippen molar-refractivity contribution in [3.8, 4) is 0 Å². The van der Waals surface area contributed by atoms with Gasteiger partial charge >= 0.3 is 0 Å². The molecule has 0 aromatic rings. The van der Waals surface area contributed by atoms with Gasteiger partial charge in [-0.1, -0.05) is 20.3 Å². The molecule has 3 nitrogen and oxygen atoms in total. The summed E-state index contributed by atoms with van der Waals surface area (Å²) in [5.41, 5.74) is 6.29. The smallest absolute Gasteiger partial charge is 0.0330 e. The summed E-state index contributed by atoms with van der Waals surface area (Å²) in [4.78, 5) is 5.02. The summed E-state index contributed by atoms with van der Waals surface area (Å²) in [6.45, 7) is 10.1. The third kappa shape index (κ3) is 2.92. The minimum absolute atomic E-state index is 0.274. The van der Waals surface area contributed by atoms with Gasteiger partial charge in [0.2, 0.25) is 0 Å². The second-order valence-corrected chi connectivity index (χ2v) is 4.82. The lowest BCUT2D eigenvalue weighted by atomic mass is 9.88. The number of nitrogens with two attached hydrogens (primary N) is 1. The molecule has 1 fully saturated rings. The van der Waals surface area contributed by atoms with Crippen LogP contribution in [0.5, 0.6) is 0 Å². The van der Waals surface area contributed by atoms with Crippen LogP contribution in [0.3, 0.4) is 0 Å². The minimum atomic E-state index is 0.274. The Balaban J connectivity index is 2.62. The number of piperazine rings is 1. The molecule has 0 aromatic carbocycles. The average molecular weight is 213 g/mol. The topological polar surface area (TPSA) is 32.5 Å². The van der Waals surface area contributed by atoms with E-state index < -0.39 is 0 Å². The first-order chi connectivity index (χ1) is 7.18. The zero-order chi connectivity index (χ0) is 11.3. The van der Waals surface area contributed by atoms with Gasteiger partial charge in [0.25, 0.3) is 0 Å². The van der Waals surface area contributed by atoms with E-state index in [2.05, 4.69) is 30.7 Å². The van der Waals surface area contributed by atoms with E-state index in [0.717, 1.165) is 6.54 Å². The summed E-state index contributed by atoms with van der Waals surface area (Å²) in [5.74, 6) is 0. The van der Waals surface area contributed by atoms with E-state index in [1.54, 1.807) is 0 Å². The van der Waals surface area contributed by atoms with Crippen molar-refractivity contribution in [1.82, 2.24) is 9.80 Å². The Bertz CT molecular complexity index is 170. The Morgan fingerprint density at radius 1 is 1.13 bits per heavy atom. The van der Waals surface area contributed by atoms with Crippen LogP contribution in [0.2, 0.25) is 0 Å². The molecule has 0 spiro atoms. The lowest BCUT2D eigenvalue weighted by Gasteiger charge is -2.46. The molecule has 0 aliphatic carbocycles. The van der Waals surface area contributed by atoms with E-state index in [1.807, 2.05) is 0 Å². The fraction of sp³-hybridized carbons (Fsp3) is 1.00. The summed E-state index contributed by atoms with van der Waals surface area (Å²) in [6.07, 6.45) is 3.65. The van der Waals surface area contributed by atoms with Crippen molar-refractivity contribution in [3.05, 3.63) is 0 Å². The van der Waals surface area contributed by atoms with Gasteiger partial charge in [0.05, 0.1) is 0 Å². The predicted molar refractivity (Wildman–Crippen MR) is 66.1 cm³/mol. The quantitative estimate of drug-likeness (QED) is 0.743. The van der Waals surface area contributed by atoms with Gasteiger partial charge in [-0.15, -0.1) is 0 Å². The van der Waals surface area contributed by atoms with Crippen LogP contribution in [0.1, 0.15) is 33.1 Å². The largest absolute Gasteiger partial charge is 0.329 e. The monoisotopic (exact) mass is 213 g/mol. The van der Waals surface area contributed by atoms with Crippen LogP contribution in [0.15, 0.2) is 0 Å². The molecule has 1 aliphatic rings. The lowest BCUT2D eigenvalue weighted by Crippen LogP contribution is -2.59. The van der Waals surface area contributed by atoms with E-state index in [9.17, 15) is 0 Å². The highest BCUT2D eigenvalue weighted by Gasteiger charge is 2.34. The summed E-state index contributed by atoms with van der Waals surface area (Å²) in [5, 5.41) is 0. The molecule has 1 rings (SSSR count). The van der Waals surface area contributed by atoms with E-state index in [-0.39, 0.29) is 5.54 Å². The van der Waals surface area contributed by atoms with Crippen molar-refractivity contribution < 1.29 is 0 Å². The van der Waals surface area contributed by atoms with Gasteiger partial charge in [-0.3, -0.25) is 4.90 Å². The molecule has 1 saturated heterocycles. The molecule has 0 radical (unpaired) electrons.